The number of thioether (sulfide) groups is 1. The fourth-order valence-electron chi connectivity index (χ4n) is 1.73. The van der Waals surface area contributed by atoms with E-state index in [1.165, 1.54) is 24.6 Å². The van der Waals surface area contributed by atoms with E-state index in [-0.39, 0.29) is 0 Å². The molecule has 4 heteroatoms. The SMILES string of the molecule is CC(C)N(CC1CC1)C1=NCC(CBr)S1. The molecule has 1 aliphatic heterocycles. The van der Waals surface area contributed by atoms with E-state index in [2.05, 4.69) is 39.7 Å². The van der Waals surface area contributed by atoms with E-state index in [1.54, 1.807) is 0 Å². The van der Waals surface area contributed by atoms with Gasteiger partial charge in [0.25, 0.3) is 0 Å². The van der Waals surface area contributed by atoms with Crippen LogP contribution in [0.3, 0.4) is 0 Å². The van der Waals surface area contributed by atoms with Crippen molar-refractivity contribution in [3.05, 3.63) is 0 Å². The number of amidine groups is 1. The molecule has 2 aliphatic rings. The first-order valence-corrected chi connectivity index (χ1v) is 7.74. The molecule has 0 saturated heterocycles. The molecule has 0 radical (unpaired) electrons. The smallest absolute Gasteiger partial charge is 0.159 e. The first-order chi connectivity index (χ1) is 7.20. The molecule has 2 rings (SSSR count). The summed E-state index contributed by atoms with van der Waals surface area (Å²) >= 11 is 5.49. The summed E-state index contributed by atoms with van der Waals surface area (Å²) in [7, 11) is 0. The molecule has 2 nitrogen and oxygen atoms in total. The predicted octanol–water partition coefficient (Wildman–Crippen LogP) is 2.97. The fourth-order valence-corrected chi connectivity index (χ4v) is 3.41. The van der Waals surface area contributed by atoms with Gasteiger partial charge in [0.05, 0.1) is 6.54 Å². The van der Waals surface area contributed by atoms with Crippen LogP contribution in [0.25, 0.3) is 0 Å². The molecule has 0 aromatic carbocycles. The Morgan fingerprint density at radius 3 is 2.73 bits per heavy atom. The first kappa shape index (κ1) is 11.8. The Bertz CT molecular complexity index is 251. The van der Waals surface area contributed by atoms with Gasteiger partial charge >= 0.3 is 0 Å². The van der Waals surface area contributed by atoms with Crippen molar-refractivity contribution < 1.29 is 0 Å². The Morgan fingerprint density at radius 1 is 1.53 bits per heavy atom. The summed E-state index contributed by atoms with van der Waals surface area (Å²) in [6, 6.07) is 0.589. The standard InChI is InChI=1S/C11H19BrN2S/c1-8(2)14(7-9-3-4-9)11-13-6-10(5-12)15-11/h8-10H,3-7H2,1-2H3. The van der Waals surface area contributed by atoms with E-state index in [1.807, 2.05) is 11.8 Å². The van der Waals surface area contributed by atoms with Crippen molar-refractivity contribution >= 4 is 32.9 Å². The molecule has 1 heterocycles. The normalized spacial score (nSPS) is 25.9. The van der Waals surface area contributed by atoms with Crippen LogP contribution in [-0.2, 0) is 0 Å². The molecule has 1 atom stereocenters. The summed E-state index contributed by atoms with van der Waals surface area (Å²) in [5, 5.41) is 2.99. The van der Waals surface area contributed by atoms with Gasteiger partial charge in [0.1, 0.15) is 0 Å². The second-order valence-electron chi connectivity index (χ2n) is 4.71. The molecule has 1 aliphatic carbocycles. The average Bonchev–Trinajstić information content (AvgIpc) is 2.91. The van der Waals surface area contributed by atoms with Crippen LogP contribution in [0.15, 0.2) is 4.99 Å². The van der Waals surface area contributed by atoms with Crippen molar-refractivity contribution in [1.29, 1.82) is 0 Å². The molecule has 0 bridgehead atoms. The second-order valence-corrected chi connectivity index (χ2v) is 6.62. The van der Waals surface area contributed by atoms with Crippen LogP contribution >= 0.6 is 27.7 Å². The summed E-state index contributed by atoms with van der Waals surface area (Å²) in [5.74, 6) is 0.943. The lowest BCUT2D eigenvalue weighted by Crippen LogP contribution is -2.36. The molecule has 86 valence electrons. The van der Waals surface area contributed by atoms with Crippen LogP contribution in [0, 0.1) is 5.92 Å². The zero-order valence-corrected chi connectivity index (χ0v) is 11.9. The molecular formula is C11H19BrN2S. The molecule has 1 unspecified atom stereocenters. The Morgan fingerprint density at radius 2 is 2.27 bits per heavy atom. The van der Waals surface area contributed by atoms with Gasteiger partial charge in [-0.25, -0.2) is 0 Å². The third kappa shape index (κ3) is 3.13. The Balaban J connectivity index is 1.92. The number of aliphatic imine (C=N–C) groups is 1. The van der Waals surface area contributed by atoms with E-state index in [4.69, 9.17) is 0 Å². The predicted molar refractivity (Wildman–Crippen MR) is 72.0 cm³/mol. The van der Waals surface area contributed by atoms with Crippen LogP contribution in [0.4, 0.5) is 0 Å². The van der Waals surface area contributed by atoms with E-state index in [0.717, 1.165) is 17.8 Å². The highest BCUT2D eigenvalue weighted by Crippen LogP contribution is 2.33. The third-order valence-corrected chi connectivity index (χ3v) is 5.33. The average molecular weight is 291 g/mol. The Labute approximate surface area is 105 Å². The van der Waals surface area contributed by atoms with Gasteiger partial charge in [0.15, 0.2) is 5.17 Å². The number of halogens is 1. The van der Waals surface area contributed by atoms with E-state index in [0.29, 0.717) is 11.3 Å². The van der Waals surface area contributed by atoms with Crippen molar-refractivity contribution in [1.82, 2.24) is 4.90 Å². The maximum Gasteiger partial charge on any atom is 0.159 e. The minimum absolute atomic E-state index is 0.589. The van der Waals surface area contributed by atoms with Crippen molar-refractivity contribution in [2.75, 3.05) is 18.4 Å². The molecule has 15 heavy (non-hydrogen) atoms. The van der Waals surface area contributed by atoms with E-state index in [9.17, 15) is 0 Å². The minimum Gasteiger partial charge on any atom is -0.349 e. The van der Waals surface area contributed by atoms with Crippen LogP contribution in [0.5, 0.6) is 0 Å². The largest absolute Gasteiger partial charge is 0.349 e. The maximum atomic E-state index is 4.67. The molecule has 1 saturated carbocycles. The van der Waals surface area contributed by atoms with Gasteiger partial charge < -0.3 is 4.90 Å². The molecule has 0 aromatic heterocycles. The van der Waals surface area contributed by atoms with Crippen molar-refractivity contribution in [3.63, 3.8) is 0 Å². The molecular weight excluding hydrogens is 272 g/mol. The maximum absolute atomic E-state index is 4.67. The number of rotatable bonds is 4. The fraction of sp³-hybridized carbons (Fsp3) is 0.909. The van der Waals surface area contributed by atoms with Crippen LogP contribution in [-0.4, -0.2) is 39.8 Å². The Hall–Kier alpha value is 0.300. The monoisotopic (exact) mass is 290 g/mol. The highest BCUT2D eigenvalue weighted by atomic mass is 79.9. The van der Waals surface area contributed by atoms with Gasteiger partial charge in [0.2, 0.25) is 0 Å². The highest BCUT2D eigenvalue weighted by Gasteiger charge is 2.30. The second kappa shape index (κ2) is 5.09. The quantitative estimate of drug-likeness (QED) is 0.740. The van der Waals surface area contributed by atoms with E-state index >= 15 is 0 Å². The van der Waals surface area contributed by atoms with Crippen LogP contribution in [0.1, 0.15) is 26.7 Å². The van der Waals surface area contributed by atoms with Gasteiger partial charge in [-0.3, -0.25) is 4.99 Å². The van der Waals surface area contributed by atoms with Crippen LogP contribution < -0.4 is 0 Å². The molecule has 0 N–H and O–H groups in total. The Kier molecular flexibility index (Phi) is 3.99. The lowest BCUT2D eigenvalue weighted by atomic mass is 10.3. The number of nitrogens with zero attached hydrogens (tertiary/aromatic N) is 2. The van der Waals surface area contributed by atoms with Gasteiger partial charge in [-0.15, -0.1) is 0 Å². The zero-order valence-electron chi connectivity index (χ0n) is 9.45. The first-order valence-electron chi connectivity index (χ1n) is 5.74. The number of hydrogen-bond donors (Lipinski definition) is 0. The zero-order chi connectivity index (χ0) is 10.8. The third-order valence-electron chi connectivity index (χ3n) is 2.90. The molecule has 0 aromatic rings. The number of hydrogen-bond acceptors (Lipinski definition) is 3. The molecule has 0 amide bonds. The summed E-state index contributed by atoms with van der Waals surface area (Å²) in [4.78, 5) is 7.16. The van der Waals surface area contributed by atoms with Gasteiger partial charge in [-0.1, -0.05) is 27.7 Å². The summed E-state index contributed by atoms with van der Waals surface area (Å²) in [5.41, 5.74) is 0. The van der Waals surface area contributed by atoms with Gasteiger partial charge in [-0.2, -0.15) is 0 Å². The molecule has 0 spiro atoms. The van der Waals surface area contributed by atoms with Crippen molar-refractivity contribution in [3.8, 4) is 0 Å². The van der Waals surface area contributed by atoms with Gasteiger partial charge in [-0.05, 0) is 32.6 Å². The minimum atomic E-state index is 0.589. The topological polar surface area (TPSA) is 15.6 Å². The summed E-state index contributed by atoms with van der Waals surface area (Å²) < 4.78 is 0. The van der Waals surface area contributed by atoms with Gasteiger partial charge in [0, 0.05) is 23.2 Å². The summed E-state index contributed by atoms with van der Waals surface area (Å²) in [6.45, 7) is 6.75. The molecule has 1 fully saturated rings. The lowest BCUT2D eigenvalue weighted by molar-refractivity contribution is 0.342. The van der Waals surface area contributed by atoms with Crippen LogP contribution in [0.2, 0.25) is 0 Å². The lowest BCUT2D eigenvalue weighted by Gasteiger charge is -2.28. The number of alkyl halides is 1. The van der Waals surface area contributed by atoms with Crippen molar-refractivity contribution in [2.24, 2.45) is 10.9 Å². The highest BCUT2D eigenvalue weighted by molar-refractivity contribution is 9.09. The van der Waals surface area contributed by atoms with E-state index < -0.39 is 0 Å². The van der Waals surface area contributed by atoms with Crippen molar-refractivity contribution in [2.45, 2.75) is 38.0 Å². The summed E-state index contributed by atoms with van der Waals surface area (Å²) in [6.07, 6.45) is 2.84.